The SMILES string of the molecule is CCN(CC)CCNC(=O)CCn1ccc2cc(S(=O)(=O)N3CCCCC3)ccc21. The van der Waals surface area contributed by atoms with Crippen molar-refractivity contribution in [1.82, 2.24) is 19.1 Å². The van der Waals surface area contributed by atoms with Crippen molar-refractivity contribution < 1.29 is 13.2 Å². The Hall–Kier alpha value is -1.90. The molecule has 1 aromatic carbocycles. The van der Waals surface area contributed by atoms with Gasteiger partial charge in [-0.05, 0) is 50.2 Å². The zero-order chi connectivity index (χ0) is 21.6. The normalized spacial score (nSPS) is 15.7. The number of carbonyl (C=O) groups excluding carboxylic acids is 1. The Morgan fingerprint density at radius 1 is 1.10 bits per heavy atom. The number of rotatable bonds is 10. The van der Waals surface area contributed by atoms with E-state index in [9.17, 15) is 13.2 Å². The van der Waals surface area contributed by atoms with E-state index in [2.05, 4.69) is 24.1 Å². The van der Waals surface area contributed by atoms with Gasteiger partial charge >= 0.3 is 0 Å². The lowest BCUT2D eigenvalue weighted by molar-refractivity contribution is -0.121. The summed E-state index contributed by atoms with van der Waals surface area (Å²) >= 11 is 0. The smallest absolute Gasteiger partial charge is 0.243 e. The van der Waals surface area contributed by atoms with Crippen LogP contribution in [0.25, 0.3) is 10.9 Å². The lowest BCUT2D eigenvalue weighted by Crippen LogP contribution is -2.35. The standard InChI is InChI=1S/C22H34N4O3S/c1-3-24(4-2)17-12-23-22(27)11-16-25-15-10-19-18-20(8-9-21(19)25)30(28,29)26-13-6-5-7-14-26/h8-10,15,18H,3-7,11-14,16-17H2,1-2H3,(H,23,27). The van der Waals surface area contributed by atoms with Gasteiger partial charge in [0.05, 0.1) is 4.90 Å². The molecule has 7 nitrogen and oxygen atoms in total. The first-order valence-corrected chi connectivity index (χ1v) is 12.5. The molecule has 0 atom stereocenters. The zero-order valence-electron chi connectivity index (χ0n) is 18.1. The summed E-state index contributed by atoms with van der Waals surface area (Å²) in [6.45, 7) is 9.49. The van der Waals surface area contributed by atoms with Crippen molar-refractivity contribution >= 4 is 26.8 Å². The predicted octanol–water partition coefficient (Wildman–Crippen LogP) is 2.66. The summed E-state index contributed by atoms with van der Waals surface area (Å²) in [7, 11) is -3.44. The number of amides is 1. The van der Waals surface area contributed by atoms with Gasteiger partial charge in [0, 0.05) is 56.2 Å². The quantitative estimate of drug-likeness (QED) is 0.624. The van der Waals surface area contributed by atoms with Gasteiger partial charge in [0.2, 0.25) is 15.9 Å². The summed E-state index contributed by atoms with van der Waals surface area (Å²) < 4.78 is 29.4. The average Bonchev–Trinajstić information content (AvgIpc) is 3.18. The van der Waals surface area contributed by atoms with E-state index >= 15 is 0 Å². The molecule has 1 N–H and O–H groups in total. The van der Waals surface area contributed by atoms with Crippen molar-refractivity contribution in [2.75, 3.05) is 39.3 Å². The third kappa shape index (κ3) is 5.42. The molecule has 8 heteroatoms. The number of carbonyl (C=O) groups is 1. The second kappa shape index (κ2) is 10.4. The number of sulfonamides is 1. The number of piperidine rings is 1. The fourth-order valence-electron chi connectivity index (χ4n) is 3.99. The first-order valence-electron chi connectivity index (χ1n) is 11.0. The van der Waals surface area contributed by atoms with Crippen LogP contribution in [0.15, 0.2) is 35.4 Å². The van der Waals surface area contributed by atoms with Gasteiger partial charge in [-0.2, -0.15) is 4.31 Å². The van der Waals surface area contributed by atoms with Crippen LogP contribution >= 0.6 is 0 Å². The number of benzene rings is 1. The molecule has 1 amide bonds. The molecule has 1 saturated heterocycles. The summed E-state index contributed by atoms with van der Waals surface area (Å²) in [5, 5.41) is 3.86. The second-order valence-corrected chi connectivity index (χ2v) is 9.76. The monoisotopic (exact) mass is 434 g/mol. The molecular weight excluding hydrogens is 400 g/mol. The van der Waals surface area contributed by atoms with Gasteiger partial charge in [-0.25, -0.2) is 8.42 Å². The predicted molar refractivity (Wildman–Crippen MR) is 120 cm³/mol. The molecule has 2 aromatic rings. The fraction of sp³-hybridized carbons (Fsp3) is 0.591. The number of aromatic nitrogens is 1. The Balaban J connectivity index is 1.60. The highest BCUT2D eigenvalue weighted by Crippen LogP contribution is 2.25. The van der Waals surface area contributed by atoms with Gasteiger partial charge in [0.1, 0.15) is 0 Å². The second-order valence-electron chi connectivity index (χ2n) is 7.82. The van der Waals surface area contributed by atoms with Crippen LogP contribution < -0.4 is 5.32 Å². The molecule has 1 aromatic heterocycles. The van der Waals surface area contributed by atoms with Crippen molar-refractivity contribution in [2.24, 2.45) is 0 Å². The zero-order valence-corrected chi connectivity index (χ0v) is 19.0. The maximum absolute atomic E-state index is 12.9. The Morgan fingerprint density at radius 3 is 2.53 bits per heavy atom. The number of nitrogens with zero attached hydrogens (tertiary/aromatic N) is 3. The first kappa shape index (κ1) is 22.8. The highest BCUT2D eigenvalue weighted by molar-refractivity contribution is 7.89. The molecule has 1 aliphatic rings. The Bertz CT molecular complexity index is 944. The number of aryl methyl sites for hydroxylation is 1. The third-order valence-electron chi connectivity index (χ3n) is 5.92. The maximum Gasteiger partial charge on any atom is 0.243 e. The van der Waals surface area contributed by atoms with E-state index in [1.807, 2.05) is 22.9 Å². The van der Waals surface area contributed by atoms with E-state index in [4.69, 9.17) is 0 Å². The Labute approximate surface area is 180 Å². The van der Waals surface area contributed by atoms with Crippen LogP contribution in [-0.2, 0) is 21.4 Å². The molecule has 0 bridgehead atoms. The minimum atomic E-state index is -3.44. The Morgan fingerprint density at radius 2 is 1.83 bits per heavy atom. The molecule has 0 aliphatic carbocycles. The van der Waals surface area contributed by atoms with Crippen LogP contribution in [0.5, 0.6) is 0 Å². The molecule has 30 heavy (non-hydrogen) atoms. The number of nitrogens with one attached hydrogen (secondary N) is 1. The average molecular weight is 435 g/mol. The van der Waals surface area contributed by atoms with E-state index in [1.165, 1.54) is 0 Å². The molecule has 2 heterocycles. The number of fused-ring (bicyclic) bond motifs is 1. The maximum atomic E-state index is 12.9. The third-order valence-corrected chi connectivity index (χ3v) is 7.81. The van der Waals surface area contributed by atoms with Gasteiger partial charge in [-0.3, -0.25) is 4.79 Å². The summed E-state index contributed by atoms with van der Waals surface area (Å²) in [6, 6.07) is 7.21. The van der Waals surface area contributed by atoms with E-state index in [0.29, 0.717) is 37.5 Å². The summed E-state index contributed by atoms with van der Waals surface area (Å²) in [4.78, 5) is 14.8. The molecule has 1 aliphatic heterocycles. The molecule has 0 radical (unpaired) electrons. The highest BCUT2D eigenvalue weighted by atomic mass is 32.2. The first-order chi connectivity index (χ1) is 14.5. The van der Waals surface area contributed by atoms with Crippen molar-refractivity contribution in [1.29, 1.82) is 0 Å². The lowest BCUT2D eigenvalue weighted by Gasteiger charge is -2.25. The molecule has 3 rings (SSSR count). The van der Waals surface area contributed by atoms with Crippen LogP contribution in [0.4, 0.5) is 0 Å². The van der Waals surface area contributed by atoms with Crippen LogP contribution in [0, 0.1) is 0 Å². The van der Waals surface area contributed by atoms with Crippen molar-refractivity contribution in [3.63, 3.8) is 0 Å². The molecule has 0 saturated carbocycles. The number of hydrogen-bond acceptors (Lipinski definition) is 4. The molecule has 0 unspecified atom stereocenters. The van der Waals surface area contributed by atoms with Crippen molar-refractivity contribution in [3.8, 4) is 0 Å². The fourth-order valence-corrected chi connectivity index (χ4v) is 5.54. The summed E-state index contributed by atoms with van der Waals surface area (Å²) in [6.07, 6.45) is 5.27. The molecular formula is C22H34N4O3S. The topological polar surface area (TPSA) is 74.6 Å². The minimum Gasteiger partial charge on any atom is -0.355 e. The molecule has 166 valence electrons. The van der Waals surface area contributed by atoms with Crippen LogP contribution in [0.2, 0.25) is 0 Å². The highest BCUT2D eigenvalue weighted by Gasteiger charge is 2.26. The summed E-state index contributed by atoms with van der Waals surface area (Å²) in [5.74, 6) is 0.0355. The van der Waals surface area contributed by atoms with Crippen LogP contribution in [-0.4, -0.2) is 67.4 Å². The minimum absolute atomic E-state index is 0.0355. The largest absolute Gasteiger partial charge is 0.355 e. The molecule has 1 fully saturated rings. The van der Waals surface area contributed by atoms with E-state index in [0.717, 1.165) is 49.8 Å². The number of hydrogen-bond donors (Lipinski definition) is 1. The van der Waals surface area contributed by atoms with E-state index in [1.54, 1.807) is 16.4 Å². The van der Waals surface area contributed by atoms with Gasteiger partial charge < -0.3 is 14.8 Å². The van der Waals surface area contributed by atoms with Gasteiger partial charge in [0.25, 0.3) is 0 Å². The van der Waals surface area contributed by atoms with Gasteiger partial charge in [0.15, 0.2) is 0 Å². The van der Waals surface area contributed by atoms with Crippen molar-refractivity contribution in [2.45, 2.75) is 51.0 Å². The van der Waals surface area contributed by atoms with Gasteiger partial charge in [-0.15, -0.1) is 0 Å². The summed E-state index contributed by atoms with van der Waals surface area (Å²) in [5.41, 5.74) is 0.948. The van der Waals surface area contributed by atoms with E-state index in [-0.39, 0.29) is 5.91 Å². The lowest BCUT2D eigenvalue weighted by atomic mass is 10.2. The molecule has 0 spiro atoms. The Kier molecular flexibility index (Phi) is 7.91. The van der Waals surface area contributed by atoms with E-state index < -0.39 is 10.0 Å². The van der Waals surface area contributed by atoms with Crippen molar-refractivity contribution in [3.05, 3.63) is 30.5 Å². The van der Waals surface area contributed by atoms with Gasteiger partial charge in [-0.1, -0.05) is 20.3 Å². The van der Waals surface area contributed by atoms with Crippen LogP contribution in [0.3, 0.4) is 0 Å². The van der Waals surface area contributed by atoms with Crippen LogP contribution in [0.1, 0.15) is 39.5 Å². The number of likely N-dealkylation sites (N-methyl/N-ethyl adjacent to an activating group) is 1.